The van der Waals surface area contributed by atoms with Crippen LogP contribution in [-0.2, 0) is 0 Å². The van der Waals surface area contributed by atoms with E-state index in [9.17, 15) is 0 Å². The van der Waals surface area contributed by atoms with Crippen molar-refractivity contribution >= 4 is 22.8 Å². The maximum absolute atomic E-state index is 3.93. The number of aromatic nitrogens is 2. The van der Waals surface area contributed by atoms with Crippen LogP contribution in [0.25, 0.3) is 0 Å². The van der Waals surface area contributed by atoms with Crippen LogP contribution in [0.15, 0.2) is 18.5 Å². The van der Waals surface area contributed by atoms with Crippen molar-refractivity contribution in [1.82, 2.24) is 8.00 Å². The molecule has 1 aromatic rings. The molecule has 3 heteroatoms. The molecule has 0 radical (unpaired) electrons. The molecule has 0 bridgehead atoms. The van der Waals surface area contributed by atoms with Gasteiger partial charge in [-0.25, -0.2) is 0 Å². The van der Waals surface area contributed by atoms with Crippen LogP contribution < -0.4 is 0 Å². The summed E-state index contributed by atoms with van der Waals surface area (Å²) in [7, 11) is 0. The third kappa shape index (κ3) is 0.739. The quantitative estimate of drug-likeness (QED) is 0.479. The van der Waals surface area contributed by atoms with Crippen LogP contribution in [0.4, 0.5) is 0 Å². The van der Waals surface area contributed by atoms with E-state index < -0.39 is 0 Å². The normalized spacial score (nSPS) is 9.33. The van der Waals surface area contributed by atoms with Gasteiger partial charge in [0.25, 0.3) is 0 Å². The fourth-order valence-corrected chi connectivity index (χ4v) is 1.22. The molecule has 2 nitrogen and oxygen atoms in total. The molecule has 0 aliphatic carbocycles. The molecule has 0 fully saturated rings. The summed E-state index contributed by atoms with van der Waals surface area (Å²) >= 11 is 0.547. The molecular formula is C3H6N2Sn. The third-order valence-corrected chi connectivity index (χ3v) is 2.15. The van der Waals surface area contributed by atoms with E-state index in [1.807, 2.05) is 15.2 Å². The Morgan fingerprint density at radius 3 is 2.67 bits per heavy atom. The zero-order chi connectivity index (χ0) is 4.41. The fraction of sp³-hybridized carbons (Fsp3) is 0. The van der Waals surface area contributed by atoms with Gasteiger partial charge >= 0.3 is 49.3 Å². The van der Waals surface area contributed by atoms with Gasteiger partial charge in [-0.05, 0) is 0 Å². The second-order valence-electron chi connectivity index (χ2n) is 1.18. The Bertz CT molecular complexity index is 112. The van der Waals surface area contributed by atoms with E-state index in [0.717, 1.165) is 0 Å². The molecule has 0 saturated heterocycles. The van der Waals surface area contributed by atoms with Gasteiger partial charge in [-0.2, -0.15) is 0 Å². The molecule has 1 rings (SSSR count). The monoisotopic (exact) mass is 190 g/mol. The van der Waals surface area contributed by atoms with Gasteiger partial charge in [0.15, 0.2) is 0 Å². The first-order valence-electron chi connectivity index (χ1n) is 1.83. The van der Waals surface area contributed by atoms with Crippen LogP contribution in [0.1, 0.15) is 0 Å². The minimum atomic E-state index is 0.547. The molecule has 1 heterocycles. The second kappa shape index (κ2) is 1.64. The van der Waals surface area contributed by atoms with Gasteiger partial charge in [0, 0.05) is 0 Å². The van der Waals surface area contributed by atoms with Crippen LogP contribution >= 0.6 is 0 Å². The Morgan fingerprint density at radius 2 is 2.50 bits per heavy atom. The van der Waals surface area contributed by atoms with E-state index in [4.69, 9.17) is 0 Å². The number of nitrogens with zero attached hydrogens (tertiary/aromatic N) is 2. The SMILES string of the molecule is [SnH3][n]1cccn1. The van der Waals surface area contributed by atoms with Crippen molar-refractivity contribution in [2.24, 2.45) is 0 Å². The van der Waals surface area contributed by atoms with Gasteiger partial charge in [0.05, 0.1) is 0 Å². The van der Waals surface area contributed by atoms with Gasteiger partial charge in [-0.15, -0.1) is 0 Å². The van der Waals surface area contributed by atoms with E-state index in [-0.39, 0.29) is 0 Å². The standard InChI is InChI=1S/C3H3N2.Sn.3H/c1-2-4-5-3-1;;;;/h1-3H;;;;/q-1;+1;;;. The molecule has 0 atom stereocenters. The van der Waals surface area contributed by atoms with Gasteiger partial charge in [0.1, 0.15) is 0 Å². The number of rotatable bonds is 0. The van der Waals surface area contributed by atoms with Crippen molar-refractivity contribution in [3.05, 3.63) is 18.5 Å². The number of hydrogen-bond acceptors (Lipinski definition) is 1. The average molecular weight is 189 g/mol. The summed E-state index contributed by atoms with van der Waals surface area (Å²) < 4.78 is 1.96. The third-order valence-electron chi connectivity index (χ3n) is 0.637. The van der Waals surface area contributed by atoms with Crippen molar-refractivity contribution < 1.29 is 0 Å². The zero-order valence-corrected chi connectivity index (χ0v) is 9.33. The van der Waals surface area contributed by atoms with Crippen molar-refractivity contribution in [3.63, 3.8) is 0 Å². The summed E-state index contributed by atoms with van der Waals surface area (Å²) in [6, 6.07) is 1.94. The molecule has 1 aromatic heterocycles. The number of hydrogen-bond donors (Lipinski definition) is 0. The predicted octanol–water partition coefficient (Wildman–Crippen LogP) is -0.988. The van der Waals surface area contributed by atoms with Gasteiger partial charge in [-0.3, -0.25) is 0 Å². The van der Waals surface area contributed by atoms with E-state index in [1.54, 1.807) is 6.20 Å². The molecule has 32 valence electrons. The molecule has 0 aliphatic rings. The summed E-state index contributed by atoms with van der Waals surface area (Å²) in [6.45, 7) is 0. The van der Waals surface area contributed by atoms with Gasteiger partial charge < -0.3 is 0 Å². The fourth-order valence-electron chi connectivity index (χ4n) is 0.345. The van der Waals surface area contributed by atoms with Crippen LogP contribution in [0.3, 0.4) is 0 Å². The molecule has 0 N–H and O–H groups in total. The Morgan fingerprint density at radius 1 is 1.67 bits per heavy atom. The first-order valence-corrected chi connectivity index (χ1v) is 4.38. The average Bonchev–Trinajstić information content (AvgIpc) is 1.86. The second-order valence-corrected chi connectivity index (χ2v) is 3.80. The van der Waals surface area contributed by atoms with Crippen molar-refractivity contribution in [3.8, 4) is 0 Å². The topological polar surface area (TPSA) is 17.8 Å². The van der Waals surface area contributed by atoms with Crippen molar-refractivity contribution in [2.75, 3.05) is 0 Å². The Labute approximate surface area is 49.6 Å². The molecule has 6 heavy (non-hydrogen) atoms. The van der Waals surface area contributed by atoms with Crippen molar-refractivity contribution in [1.29, 1.82) is 0 Å². The molecule has 0 unspecified atom stereocenters. The van der Waals surface area contributed by atoms with Crippen molar-refractivity contribution in [2.45, 2.75) is 0 Å². The Balaban J connectivity index is 3.05. The molecule has 0 spiro atoms. The van der Waals surface area contributed by atoms with Gasteiger partial charge in [0.2, 0.25) is 0 Å². The van der Waals surface area contributed by atoms with E-state index in [0.29, 0.717) is 22.8 Å². The molecular weight excluding hydrogens is 183 g/mol. The molecule has 0 saturated carbocycles. The summed E-state index contributed by atoms with van der Waals surface area (Å²) in [5.41, 5.74) is 0. The zero-order valence-electron chi connectivity index (χ0n) is 3.63. The summed E-state index contributed by atoms with van der Waals surface area (Å²) in [4.78, 5) is 0. The van der Waals surface area contributed by atoms with E-state index in [2.05, 4.69) is 5.10 Å². The minimum absolute atomic E-state index is 0.547. The maximum atomic E-state index is 3.93. The van der Waals surface area contributed by atoms with Crippen LogP contribution in [-0.4, -0.2) is 30.8 Å². The van der Waals surface area contributed by atoms with Gasteiger partial charge in [-0.1, -0.05) is 0 Å². The molecule has 0 amide bonds. The van der Waals surface area contributed by atoms with E-state index >= 15 is 0 Å². The van der Waals surface area contributed by atoms with E-state index in [1.165, 1.54) is 0 Å². The Hall–Kier alpha value is 0.00870. The molecule has 0 aliphatic heterocycles. The van der Waals surface area contributed by atoms with Crippen LogP contribution in [0.2, 0.25) is 0 Å². The first kappa shape index (κ1) is 4.18. The summed E-state index contributed by atoms with van der Waals surface area (Å²) in [5.74, 6) is 0. The van der Waals surface area contributed by atoms with Crippen LogP contribution in [0, 0.1) is 0 Å². The summed E-state index contributed by atoms with van der Waals surface area (Å²) in [5, 5.41) is 3.93. The Kier molecular flexibility index (Phi) is 1.14. The predicted molar refractivity (Wildman–Crippen MR) is 27.6 cm³/mol. The first-order chi connectivity index (χ1) is 2.89. The summed E-state index contributed by atoms with van der Waals surface area (Å²) in [6.07, 6.45) is 3.78. The molecule has 0 aromatic carbocycles. The van der Waals surface area contributed by atoms with Crippen LogP contribution in [0.5, 0.6) is 0 Å².